The summed E-state index contributed by atoms with van der Waals surface area (Å²) in [5, 5.41) is -1.22. The Bertz CT molecular complexity index is 1410. The third-order valence-corrected chi connectivity index (χ3v) is 8.35. The highest BCUT2D eigenvalue weighted by Crippen LogP contribution is 2.62. The van der Waals surface area contributed by atoms with Gasteiger partial charge in [-0.3, -0.25) is 4.90 Å². The van der Waals surface area contributed by atoms with Gasteiger partial charge >= 0.3 is 5.12 Å². The van der Waals surface area contributed by atoms with Gasteiger partial charge in [-0.15, -0.1) is 0 Å². The molecular formula is C29H21N5OS. The fraction of sp³-hybridized carbons (Fsp3) is 0.0345. The first-order valence-electron chi connectivity index (χ1n) is 11.7. The summed E-state index contributed by atoms with van der Waals surface area (Å²) in [4.78, 5) is 16.7. The van der Waals surface area contributed by atoms with Crippen molar-refractivity contribution in [2.24, 2.45) is 0 Å². The smallest absolute Gasteiger partial charge is 0.383 e. The van der Waals surface area contributed by atoms with Gasteiger partial charge in [-0.05, 0) is 48.5 Å². The number of nitrogens with zero attached hydrogens (tertiary/aromatic N) is 5. The third kappa shape index (κ3) is 2.78. The Balaban J connectivity index is 1.63. The van der Waals surface area contributed by atoms with Crippen LogP contribution in [0.4, 0.5) is 34.4 Å². The Morgan fingerprint density at radius 2 is 0.944 bits per heavy atom. The van der Waals surface area contributed by atoms with Crippen LogP contribution in [0.2, 0.25) is 0 Å². The third-order valence-electron chi connectivity index (χ3n) is 6.56. The molecule has 0 radical (unpaired) electrons. The highest BCUT2D eigenvalue weighted by Gasteiger charge is 2.71. The van der Waals surface area contributed by atoms with Crippen molar-refractivity contribution in [3.8, 4) is 0 Å². The largest absolute Gasteiger partial charge is 0.606 e. The van der Waals surface area contributed by atoms with Crippen molar-refractivity contribution >= 4 is 45.6 Å². The molecule has 4 aromatic carbocycles. The molecule has 0 N–H and O–H groups in total. The topological polar surface area (TPSA) is 58.6 Å². The van der Waals surface area contributed by atoms with Gasteiger partial charge in [-0.25, -0.2) is 19.8 Å². The van der Waals surface area contributed by atoms with Crippen molar-refractivity contribution in [1.29, 1.82) is 0 Å². The maximum atomic E-state index is 15.0. The van der Waals surface area contributed by atoms with Gasteiger partial charge < -0.3 is 4.55 Å². The summed E-state index contributed by atoms with van der Waals surface area (Å²) in [6.45, 7) is 0. The van der Waals surface area contributed by atoms with Gasteiger partial charge in [0, 0.05) is 12.4 Å². The predicted molar refractivity (Wildman–Crippen MR) is 143 cm³/mol. The minimum atomic E-state index is -1.55. The summed E-state index contributed by atoms with van der Waals surface area (Å²) in [6.07, 6.45) is 3.38. The first-order valence-corrected chi connectivity index (χ1v) is 12.8. The second kappa shape index (κ2) is 8.12. The van der Waals surface area contributed by atoms with E-state index in [1.54, 1.807) is 12.4 Å². The Labute approximate surface area is 212 Å². The van der Waals surface area contributed by atoms with Gasteiger partial charge in [0.05, 0.1) is 28.2 Å². The molecule has 3 heterocycles. The minimum Gasteiger partial charge on any atom is -0.606 e. The first kappa shape index (κ1) is 21.0. The molecule has 5 aromatic rings. The molecule has 0 saturated carbocycles. The van der Waals surface area contributed by atoms with Crippen LogP contribution in [0.1, 0.15) is 0 Å². The molecule has 2 aliphatic rings. The predicted octanol–water partition coefficient (Wildman–Crippen LogP) is 6.34. The van der Waals surface area contributed by atoms with E-state index in [2.05, 4.69) is 26.8 Å². The molecule has 0 bridgehead atoms. The quantitative estimate of drug-likeness (QED) is 0.277. The van der Waals surface area contributed by atoms with Crippen LogP contribution in [0.15, 0.2) is 133 Å². The molecule has 0 saturated heterocycles. The lowest BCUT2D eigenvalue weighted by atomic mass is 10.2. The molecular weight excluding hydrogens is 466 g/mol. The number of para-hydroxylation sites is 4. The number of aromatic nitrogens is 2. The fourth-order valence-corrected chi connectivity index (χ4v) is 7.12. The van der Waals surface area contributed by atoms with E-state index in [1.165, 1.54) is 0 Å². The van der Waals surface area contributed by atoms with Gasteiger partial charge in [-0.2, -0.15) is 0 Å². The second-order valence-corrected chi connectivity index (χ2v) is 10.1. The molecule has 0 fully saturated rings. The van der Waals surface area contributed by atoms with Crippen molar-refractivity contribution in [3.05, 3.63) is 128 Å². The number of fused-ring (bicyclic) bond motifs is 2. The van der Waals surface area contributed by atoms with Gasteiger partial charge in [0.25, 0.3) is 0 Å². The van der Waals surface area contributed by atoms with E-state index in [9.17, 15) is 4.55 Å². The minimum absolute atomic E-state index is 0.648. The van der Waals surface area contributed by atoms with Crippen LogP contribution < -0.4 is 14.7 Å². The van der Waals surface area contributed by atoms with Crippen molar-refractivity contribution < 1.29 is 4.55 Å². The van der Waals surface area contributed by atoms with Crippen molar-refractivity contribution in [2.75, 3.05) is 14.7 Å². The zero-order chi connectivity index (χ0) is 24.1. The molecule has 6 nitrogen and oxygen atoms in total. The SMILES string of the molecule is [O-][S+]1c2ccccc2N(c2ccccc2)C12N(c1ccccc1)c1nccnc1N2c1ccccc1. The molecule has 1 aromatic heterocycles. The fourth-order valence-electron chi connectivity index (χ4n) is 5.19. The molecule has 0 aliphatic carbocycles. The molecule has 174 valence electrons. The summed E-state index contributed by atoms with van der Waals surface area (Å²) in [7, 11) is 0. The van der Waals surface area contributed by atoms with Crippen LogP contribution in [-0.2, 0) is 11.2 Å². The standard InChI is InChI=1S/C29H21N5OS/c35-36-26-19-11-10-18-25(26)32(22-12-4-1-5-13-22)29(36)33(23-14-6-2-7-15-23)27-28(31-21-20-30-27)34(29)24-16-8-3-9-17-24/h1-21H. The van der Waals surface area contributed by atoms with Crippen LogP contribution in [0, 0.1) is 0 Å². The van der Waals surface area contributed by atoms with Gasteiger partial charge in [0.1, 0.15) is 5.69 Å². The summed E-state index contributed by atoms with van der Waals surface area (Å²) in [5.41, 5.74) is 3.56. The molecule has 1 atom stereocenters. The average Bonchev–Trinajstić information content (AvgIpc) is 3.39. The molecule has 1 spiro atoms. The summed E-state index contributed by atoms with van der Waals surface area (Å²) in [6, 6.07) is 38.0. The normalized spacial score (nSPS) is 17.4. The molecule has 36 heavy (non-hydrogen) atoms. The van der Waals surface area contributed by atoms with Crippen LogP contribution in [0.5, 0.6) is 0 Å². The summed E-state index contributed by atoms with van der Waals surface area (Å²) >= 11 is -1.55. The number of benzene rings is 4. The van der Waals surface area contributed by atoms with E-state index < -0.39 is 16.3 Å². The zero-order valence-corrected chi connectivity index (χ0v) is 20.0. The van der Waals surface area contributed by atoms with E-state index in [0.29, 0.717) is 11.6 Å². The van der Waals surface area contributed by atoms with Gasteiger partial charge in [0.2, 0.25) is 0 Å². The maximum Gasteiger partial charge on any atom is 0.383 e. The number of rotatable bonds is 3. The summed E-state index contributed by atoms with van der Waals surface area (Å²) < 4.78 is 15.0. The Morgan fingerprint density at radius 1 is 0.528 bits per heavy atom. The highest BCUT2D eigenvalue weighted by molar-refractivity contribution is 7.93. The van der Waals surface area contributed by atoms with Crippen LogP contribution >= 0.6 is 0 Å². The lowest BCUT2D eigenvalue weighted by molar-refractivity contribution is 0.536. The van der Waals surface area contributed by atoms with Gasteiger partial charge in [-0.1, -0.05) is 66.7 Å². The average molecular weight is 488 g/mol. The summed E-state index contributed by atoms with van der Waals surface area (Å²) in [5.74, 6) is 1.30. The van der Waals surface area contributed by atoms with E-state index in [4.69, 9.17) is 9.97 Å². The molecule has 7 heteroatoms. The Hall–Kier alpha value is -4.33. The van der Waals surface area contributed by atoms with Crippen LogP contribution in [0.3, 0.4) is 0 Å². The van der Waals surface area contributed by atoms with Crippen molar-refractivity contribution in [1.82, 2.24) is 9.97 Å². The lowest BCUT2D eigenvalue weighted by Gasteiger charge is -2.45. The van der Waals surface area contributed by atoms with Crippen LogP contribution in [0.25, 0.3) is 0 Å². The van der Waals surface area contributed by atoms with Gasteiger partial charge in [0.15, 0.2) is 16.5 Å². The first-order chi connectivity index (χ1) is 17.8. The van der Waals surface area contributed by atoms with E-state index in [1.807, 2.05) is 103 Å². The zero-order valence-electron chi connectivity index (χ0n) is 19.2. The monoisotopic (exact) mass is 487 g/mol. The number of anilines is 6. The number of hydrogen-bond donors (Lipinski definition) is 0. The Morgan fingerprint density at radius 3 is 1.44 bits per heavy atom. The lowest BCUT2D eigenvalue weighted by Crippen LogP contribution is -2.66. The second-order valence-electron chi connectivity index (χ2n) is 8.53. The molecule has 2 aliphatic heterocycles. The number of hydrogen-bond acceptors (Lipinski definition) is 6. The van der Waals surface area contributed by atoms with E-state index in [0.717, 1.165) is 27.6 Å². The maximum absolute atomic E-state index is 15.0. The Kier molecular flexibility index (Phi) is 4.73. The van der Waals surface area contributed by atoms with E-state index in [-0.39, 0.29) is 0 Å². The van der Waals surface area contributed by atoms with Crippen molar-refractivity contribution in [2.45, 2.75) is 10.0 Å². The van der Waals surface area contributed by atoms with Crippen molar-refractivity contribution in [3.63, 3.8) is 0 Å². The highest BCUT2D eigenvalue weighted by atomic mass is 32.2. The van der Waals surface area contributed by atoms with E-state index >= 15 is 0 Å². The molecule has 7 rings (SSSR count). The molecule has 1 unspecified atom stereocenters. The molecule has 0 amide bonds. The van der Waals surface area contributed by atoms with Crippen LogP contribution in [-0.4, -0.2) is 19.6 Å².